The van der Waals surface area contributed by atoms with Crippen molar-refractivity contribution in [3.05, 3.63) is 99.9 Å². The van der Waals surface area contributed by atoms with E-state index in [4.69, 9.17) is 21.3 Å². The van der Waals surface area contributed by atoms with Crippen LogP contribution in [-0.2, 0) is 9.53 Å². The monoisotopic (exact) mass is 527 g/mol. The van der Waals surface area contributed by atoms with E-state index in [-0.39, 0.29) is 0 Å². The highest BCUT2D eigenvalue weighted by molar-refractivity contribution is 7.14. The first-order valence-corrected chi connectivity index (χ1v) is 12.8. The number of fused-ring (bicyclic) bond motifs is 1. The third kappa shape index (κ3) is 5.38. The van der Waals surface area contributed by atoms with Crippen molar-refractivity contribution >= 4 is 50.8 Å². The van der Waals surface area contributed by atoms with E-state index in [0.717, 1.165) is 22.4 Å². The van der Waals surface area contributed by atoms with Gasteiger partial charge in [0.25, 0.3) is 5.91 Å². The number of esters is 1. The van der Waals surface area contributed by atoms with Crippen LogP contribution in [0.4, 0.5) is 5.13 Å². The molecule has 0 aliphatic heterocycles. The van der Waals surface area contributed by atoms with Crippen molar-refractivity contribution in [3.63, 3.8) is 0 Å². The third-order valence-corrected chi connectivity index (χ3v) is 6.86. The van der Waals surface area contributed by atoms with E-state index < -0.39 is 18.5 Å². The molecule has 0 saturated heterocycles. The summed E-state index contributed by atoms with van der Waals surface area (Å²) in [4.78, 5) is 35.0. The zero-order valence-corrected chi connectivity index (χ0v) is 21.7. The zero-order chi connectivity index (χ0) is 25.9. The number of nitrogens with zero attached hydrogens (tertiary/aromatic N) is 2. The van der Waals surface area contributed by atoms with Crippen molar-refractivity contribution in [3.8, 4) is 22.5 Å². The van der Waals surface area contributed by atoms with Crippen molar-refractivity contribution in [1.29, 1.82) is 0 Å². The lowest BCUT2D eigenvalue weighted by atomic mass is 9.98. The van der Waals surface area contributed by atoms with Gasteiger partial charge in [0, 0.05) is 26.9 Å². The number of rotatable bonds is 6. The Morgan fingerprint density at radius 3 is 2.51 bits per heavy atom. The minimum atomic E-state index is -0.603. The number of pyridine rings is 1. The molecule has 6 nitrogen and oxygen atoms in total. The van der Waals surface area contributed by atoms with Crippen LogP contribution < -0.4 is 5.32 Å². The molecule has 0 fully saturated rings. The number of hydrogen-bond acceptors (Lipinski definition) is 6. The fourth-order valence-corrected chi connectivity index (χ4v) is 4.96. The van der Waals surface area contributed by atoms with Gasteiger partial charge in [-0.3, -0.25) is 10.1 Å². The lowest BCUT2D eigenvalue weighted by molar-refractivity contribution is -0.119. The van der Waals surface area contributed by atoms with Crippen LogP contribution in [0.1, 0.15) is 21.5 Å². The number of amides is 1. The number of thiazole rings is 1. The molecular weight excluding hydrogens is 506 g/mol. The van der Waals surface area contributed by atoms with Crippen LogP contribution in [0, 0.1) is 13.8 Å². The number of aryl methyl sites for hydroxylation is 1. The number of hydrogen-bond donors (Lipinski definition) is 1. The van der Waals surface area contributed by atoms with E-state index in [1.165, 1.54) is 11.3 Å². The minimum Gasteiger partial charge on any atom is -0.452 e. The highest BCUT2D eigenvalue weighted by Gasteiger charge is 2.21. The van der Waals surface area contributed by atoms with Gasteiger partial charge in [0.15, 0.2) is 11.7 Å². The molecule has 0 unspecified atom stereocenters. The minimum absolute atomic E-state index is 0.365. The summed E-state index contributed by atoms with van der Waals surface area (Å²) in [6, 6.07) is 22.6. The summed E-state index contributed by atoms with van der Waals surface area (Å²) in [6.45, 7) is 3.39. The van der Waals surface area contributed by atoms with Crippen molar-refractivity contribution < 1.29 is 14.3 Å². The normalized spacial score (nSPS) is 10.9. The van der Waals surface area contributed by atoms with Crippen molar-refractivity contribution in [2.24, 2.45) is 0 Å². The lowest BCUT2D eigenvalue weighted by Crippen LogP contribution is -2.21. The van der Waals surface area contributed by atoms with Gasteiger partial charge in [-0.25, -0.2) is 14.8 Å². The molecule has 2 heterocycles. The number of halogens is 1. The summed E-state index contributed by atoms with van der Waals surface area (Å²) in [5, 5.41) is 6.24. The van der Waals surface area contributed by atoms with Crippen LogP contribution >= 0.6 is 22.9 Å². The van der Waals surface area contributed by atoms with Gasteiger partial charge < -0.3 is 4.74 Å². The average molecular weight is 528 g/mol. The predicted molar refractivity (Wildman–Crippen MR) is 148 cm³/mol. The van der Waals surface area contributed by atoms with E-state index >= 15 is 0 Å². The first-order valence-electron chi connectivity index (χ1n) is 11.5. The summed E-state index contributed by atoms with van der Waals surface area (Å²) in [6.07, 6.45) is 0. The van der Waals surface area contributed by atoms with Crippen LogP contribution in [-0.4, -0.2) is 28.5 Å². The van der Waals surface area contributed by atoms with Crippen LogP contribution in [0.5, 0.6) is 0 Å². The number of benzene rings is 3. The second kappa shape index (κ2) is 10.5. The lowest BCUT2D eigenvalue weighted by Gasteiger charge is -2.14. The molecule has 5 rings (SSSR count). The van der Waals surface area contributed by atoms with Crippen LogP contribution in [0.25, 0.3) is 33.4 Å². The summed E-state index contributed by atoms with van der Waals surface area (Å²) < 4.78 is 5.44. The second-order valence-corrected chi connectivity index (χ2v) is 9.81. The Bertz CT molecular complexity index is 1630. The maximum atomic E-state index is 13.2. The first kappa shape index (κ1) is 24.6. The van der Waals surface area contributed by atoms with Crippen molar-refractivity contribution in [2.75, 3.05) is 11.9 Å². The Morgan fingerprint density at radius 1 is 0.946 bits per heavy atom. The molecule has 184 valence electrons. The number of ether oxygens (including phenoxy) is 1. The maximum absolute atomic E-state index is 13.2. The third-order valence-electron chi connectivity index (χ3n) is 5.87. The summed E-state index contributed by atoms with van der Waals surface area (Å²) in [5.74, 6) is -1.07. The molecule has 1 N–H and O–H groups in total. The molecule has 0 spiro atoms. The standard InChI is InChI=1S/C29H22ClN3O3S/c1-17-10-12-19(13-11-17)24-16-37-29(32-24)33-25(34)15-36-28(35)26-18(2)27(20-6-5-7-21(30)14-20)31-23-9-4-3-8-22(23)26/h3-14,16H,15H2,1-2H3,(H,32,33,34). The number of nitrogens with one attached hydrogen (secondary N) is 1. The Morgan fingerprint density at radius 2 is 1.73 bits per heavy atom. The Kier molecular flexibility index (Phi) is 6.99. The van der Waals surface area contributed by atoms with Gasteiger partial charge in [-0.2, -0.15) is 0 Å². The fraction of sp³-hybridized carbons (Fsp3) is 0.103. The molecule has 37 heavy (non-hydrogen) atoms. The fourth-order valence-electron chi connectivity index (χ4n) is 4.03. The van der Waals surface area contributed by atoms with E-state index in [1.807, 2.05) is 79.9 Å². The number of carbonyl (C=O) groups is 2. The van der Waals surface area contributed by atoms with Crippen molar-refractivity contribution in [1.82, 2.24) is 9.97 Å². The summed E-state index contributed by atoms with van der Waals surface area (Å²) >= 11 is 7.50. The van der Waals surface area contributed by atoms with Gasteiger partial charge in [0.05, 0.1) is 22.5 Å². The van der Waals surface area contributed by atoms with Crippen molar-refractivity contribution in [2.45, 2.75) is 13.8 Å². The molecular formula is C29H22ClN3O3S. The first-order chi connectivity index (χ1) is 17.9. The number of aromatic nitrogens is 2. The highest BCUT2D eigenvalue weighted by Crippen LogP contribution is 2.31. The second-order valence-electron chi connectivity index (χ2n) is 8.52. The molecule has 0 aliphatic rings. The van der Waals surface area contributed by atoms with E-state index in [9.17, 15) is 9.59 Å². The molecule has 5 aromatic rings. The summed E-state index contributed by atoms with van der Waals surface area (Å²) in [5.41, 5.74) is 5.96. The van der Waals surface area contributed by atoms with Gasteiger partial charge in [0.1, 0.15) is 0 Å². The van der Waals surface area contributed by atoms with E-state index in [2.05, 4.69) is 10.3 Å². The average Bonchev–Trinajstić information content (AvgIpc) is 3.35. The van der Waals surface area contributed by atoms with E-state index in [0.29, 0.717) is 37.9 Å². The number of carbonyl (C=O) groups excluding carboxylic acids is 2. The predicted octanol–water partition coefficient (Wildman–Crippen LogP) is 7.09. The SMILES string of the molecule is Cc1ccc(-c2csc(NC(=O)COC(=O)c3c(C)c(-c4cccc(Cl)c4)nc4ccccc34)n2)cc1. The maximum Gasteiger partial charge on any atom is 0.339 e. The smallest absolute Gasteiger partial charge is 0.339 e. The molecule has 0 radical (unpaired) electrons. The molecule has 3 aromatic carbocycles. The topological polar surface area (TPSA) is 81.2 Å². The van der Waals surface area contributed by atoms with Gasteiger partial charge >= 0.3 is 5.97 Å². The molecule has 8 heteroatoms. The van der Waals surface area contributed by atoms with Gasteiger partial charge in [-0.05, 0) is 37.6 Å². The molecule has 1 amide bonds. The zero-order valence-electron chi connectivity index (χ0n) is 20.1. The molecule has 0 bridgehead atoms. The molecule has 0 atom stereocenters. The van der Waals surface area contributed by atoms with Gasteiger partial charge in [-0.15, -0.1) is 11.3 Å². The number of para-hydroxylation sites is 1. The van der Waals surface area contributed by atoms with Gasteiger partial charge in [0.2, 0.25) is 0 Å². The summed E-state index contributed by atoms with van der Waals surface area (Å²) in [7, 11) is 0. The Balaban J connectivity index is 1.34. The van der Waals surface area contributed by atoms with Crippen LogP contribution in [0.15, 0.2) is 78.2 Å². The molecule has 0 aliphatic carbocycles. The largest absolute Gasteiger partial charge is 0.452 e. The van der Waals surface area contributed by atoms with Crippen LogP contribution in [0.2, 0.25) is 5.02 Å². The number of anilines is 1. The Hall–Kier alpha value is -4.07. The van der Waals surface area contributed by atoms with Crippen LogP contribution in [0.3, 0.4) is 0 Å². The molecule has 2 aromatic heterocycles. The van der Waals surface area contributed by atoms with E-state index in [1.54, 1.807) is 12.1 Å². The highest BCUT2D eigenvalue weighted by atomic mass is 35.5. The molecule has 0 saturated carbocycles. The van der Waals surface area contributed by atoms with Gasteiger partial charge in [-0.1, -0.05) is 71.8 Å². The quantitative estimate of drug-likeness (QED) is 0.238. The Labute approximate surface area is 222 Å².